The lowest BCUT2D eigenvalue weighted by Gasteiger charge is -2.03. The third kappa shape index (κ3) is 3.30. The molecule has 0 atom stereocenters. The van der Waals surface area contributed by atoms with E-state index in [9.17, 15) is 4.79 Å². The van der Waals surface area contributed by atoms with Crippen LogP contribution in [0.5, 0.6) is 5.75 Å². The van der Waals surface area contributed by atoms with Gasteiger partial charge in [-0.3, -0.25) is 4.79 Å². The summed E-state index contributed by atoms with van der Waals surface area (Å²) in [6.07, 6.45) is 0.731. The molecule has 0 aliphatic rings. The molecule has 4 nitrogen and oxygen atoms in total. The van der Waals surface area contributed by atoms with Gasteiger partial charge in [-0.1, -0.05) is 12.1 Å². The number of nitrogens with zero attached hydrogens (tertiary/aromatic N) is 1. The van der Waals surface area contributed by atoms with Crippen molar-refractivity contribution in [1.29, 1.82) is 0 Å². The van der Waals surface area contributed by atoms with Crippen LogP contribution in [0, 0.1) is 6.92 Å². The number of aromatic hydroxyl groups is 1. The highest BCUT2D eigenvalue weighted by atomic mass is 32.1. The number of carbonyl (C=O) groups excluding carboxylic acids is 1. The second kappa shape index (κ2) is 5.64. The Balaban J connectivity index is 1.82. The number of hydrogen-bond donors (Lipinski definition) is 2. The number of aryl methyl sites for hydroxylation is 1. The Morgan fingerprint density at radius 2 is 2.11 bits per heavy atom. The van der Waals surface area contributed by atoms with Gasteiger partial charge in [-0.05, 0) is 48.6 Å². The fourth-order valence-electron chi connectivity index (χ4n) is 1.55. The fraction of sp³-hybridized carbons (Fsp3) is 0.231. The first-order valence-electron chi connectivity index (χ1n) is 5.64. The van der Waals surface area contributed by atoms with Gasteiger partial charge in [0.25, 0.3) is 5.91 Å². The Hall–Kier alpha value is -1.88. The van der Waals surface area contributed by atoms with Crippen molar-refractivity contribution in [2.24, 2.45) is 0 Å². The average molecular weight is 262 g/mol. The zero-order valence-electron chi connectivity index (χ0n) is 10.0. The monoisotopic (exact) mass is 262 g/mol. The van der Waals surface area contributed by atoms with E-state index in [1.165, 1.54) is 11.5 Å². The molecule has 2 N–H and O–H groups in total. The second-order valence-corrected chi connectivity index (χ2v) is 5.00. The Morgan fingerprint density at radius 3 is 2.72 bits per heavy atom. The zero-order valence-corrected chi connectivity index (χ0v) is 10.8. The topological polar surface area (TPSA) is 62.2 Å². The number of hydrogen-bond acceptors (Lipinski definition) is 4. The molecule has 0 fully saturated rings. The van der Waals surface area contributed by atoms with Gasteiger partial charge in [0.1, 0.15) is 11.4 Å². The van der Waals surface area contributed by atoms with Crippen LogP contribution in [0.15, 0.2) is 30.3 Å². The minimum Gasteiger partial charge on any atom is -0.508 e. The SMILES string of the molecule is Cc1cc(C(=O)NCCc2ccc(O)cc2)ns1. The quantitative estimate of drug-likeness (QED) is 0.887. The number of amides is 1. The fourth-order valence-corrected chi connectivity index (χ4v) is 2.09. The van der Waals surface area contributed by atoms with Crippen LogP contribution < -0.4 is 5.32 Å². The van der Waals surface area contributed by atoms with Crippen molar-refractivity contribution in [2.75, 3.05) is 6.54 Å². The van der Waals surface area contributed by atoms with Crippen LogP contribution in [0.2, 0.25) is 0 Å². The number of phenolic OH excluding ortho intramolecular Hbond substituents is 1. The molecule has 0 bridgehead atoms. The molecule has 1 aromatic carbocycles. The molecule has 0 aliphatic carbocycles. The van der Waals surface area contributed by atoms with E-state index in [0.29, 0.717) is 12.2 Å². The molecule has 0 saturated heterocycles. The highest BCUT2D eigenvalue weighted by molar-refractivity contribution is 7.05. The molecule has 5 heteroatoms. The summed E-state index contributed by atoms with van der Waals surface area (Å²) in [5.41, 5.74) is 1.55. The minimum atomic E-state index is -0.141. The normalized spacial score (nSPS) is 10.3. The molecule has 0 radical (unpaired) electrons. The van der Waals surface area contributed by atoms with E-state index >= 15 is 0 Å². The first-order valence-corrected chi connectivity index (χ1v) is 6.42. The van der Waals surface area contributed by atoms with Crippen molar-refractivity contribution in [1.82, 2.24) is 9.69 Å². The van der Waals surface area contributed by atoms with Crippen LogP contribution in [0.3, 0.4) is 0 Å². The summed E-state index contributed by atoms with van der Waals surface area (Å²) in [5, 5.41) is 12.0. The van der Waals surface area contributed by atoms with Gasteiger partial charge in [0.15, 0.2) is 0 Å². The standard InChI is InChI=1S/C13H14N2O2S/c1-9-8-12(15-18-9)13(17)14-7-6-10-2-4-11(16)5-3-10/h2-5,8,16H,6-7H2,1H3,(H,14,17). The van der Waals surface area contributed by atoms with Crippen LogP contribution in [-0.2, 0) is 6.42 Å². The predicted molar refractivity (Wildman–Crippen MR) is 71.0 cm³/mol. The van der Waals surface area contributed by atoms with Crippen molar-refractivity contribution in [3.63, 3.8) is 0 Å². The number of phenols is 1. The van der Waals surface area contributed by atoms with Crippen LogP contribution >= 0.6 is 11.5 Å². The molecule has 0 aliphatic heterocycles. The Kier molecular flexibility index (Phi) is 3.94. The minimum absolute atomic E-state index is 0.141. The molecular formula is C13H14N2O2S. The molecule has 1 heterocycles. The van der Waals surface area contributed by atoms with Gasteiger partial charge in [0, 0.05) is 11.4 Å². The maximum atomic E-state index is 11.7. The lowest BCUT2D eigenvalue weighted by molar-refractivity contribution is 0.0950. The lowest BCUT2D eigenvalue weighted by Crippen LogP contribution is -2.25. The first-order chi connectivity index (χ1) is 8.65. The molecule has 2 rings (SSSR count). The summed E-state index contributed by atoms with van der Waals surface area (Å²) in [7, 11) is 0. The van der Waals surface area contributed by atoms with Crippen molar-refractivity contribution < 1.29 is 9.90 Å². The molecule has 0 spiro atoms. The summed E-state index contributed by atoms with van der Waals surface area (Å²) >= 11 is 1.33. The Morgan fingerprint density at radius 1 is 1.39 bits per heavy atom. The van der Waals surface area contributed by atoms with Crippen molar-refractivity contribution in [3.05, 3.63) is 46.5 Å². The van der Waals surface area contributed by atoms with Gasteiger partial charge in [-0.2, -0.15) is 4.37 Å². The van der Waals surface area contributed by atoms with Crippen molar-refractivity contribution in [2.45, 2.75) is 13.3 Å². The molecular weight excluding hydrogens is 248 g/mol. The summed E-state index contributed by atoms with van der Waals surface area (Å²) < 4.78 is 4.05. The molecule has 94 valence electrons. The highest BCUT2D eigenvalue weighted by Crippen LogP contribution is 2.10. The van der Waals surface area contributed by atoms with Gasteiger partial charge < -0.3 is 10.4 Å². The summed E-state index contributed by atoms with van der Waals surface area (Å²) in [4.78, 5) is 12.7. The number of aromatic nitrogens is 1. The number of rotatable bonds is 4. The van der Waals surface area contributed by atoms with E-state index in [0.717, 1.165) is 16.9 Å². The molecule has 0 unspecified atom stereocenters. The maximum absolute atomic E-state index is 11.7. The van der Waals surface area contributed by atoms with Gasteiger partial charge in [-0.25, -0.2) is 0 Å². The van der Waals surface area contributed by atoms with E-state index in [1.54, 1.807) is 18.2 Å². The predicted octanol–water partition coefficient (Wildman–Crippen LogP) is 2.13. The summed E-state index contributed by atoms with van der Waals surface area (Å²) in [6.45, 7) is 2.48. The van der Waals surface area contributed by atoms with Crippen LogP contribution in [-0.4, -0.2) is 21.9 Å². The molecule has 0 saturated carbocycles. The average Bonchev–Trinajstić information content (AvgIpc) is 2.78. The maximum Gasteiger partial charge on any atom is 0.271 e. The zero-order chi connectivity index (χ0) is 13.0. The molecule has 1 aromatic heterocycles. The van der Waals surface area contributed by atoms with Crippen molar-refractivity contribution in [3.8, 4) is 5.75 Å². The summed E-state index contributed by atoms with van der Waals surface area (Å²) in [5.74, 6) is 0.110. The van der Waals surface area contributed by atoms with Crippen LogP contribution in [0.1, 0.15) is 20.9 Å². The van der Waals surface area contributed by atoms with E-state index < -0.39 is 0 Å². The Bertz CT molecular complexity index is 534. The van der Waals surface area contributed by atoms with Crippen LogP contribution in [0.25, 0.3) is 0 Å². The number of nitrogens with one attached hydrogen (secondary N) is 1. The van der Waals surface area contributed by atoms with E-state index in [2.05, 4.69) is 9.69 Å². The lowest BCUT2D eigenvalue weighted by atomic mass is 10.1. The van der Waals surface area contributed by atoms with Gasteiger partial charge in [0.05, 0.1) is 0 Å². The molecule has 1 amide bonds. The largest absolute Gasteiger partial charge is 0.508 e. The van der Waals surface area contributed by atoms with E-state index in [-0.39, 0.29) is 11.7 Å². The summed E-state index contributed by atoms with van der Waals surface area (Å²) in [6, 6.07) is 8.74. The highest BCUT2D eigenvalue weighted by Gasteiger charge is 2.08. The van der Waals surface area contributed by atoms with E-state index in [4.69, 9.17) is 5.11 Å². The second-order valence-electron chi connectivity index (χ2n) is 4.00. The molecule has 2 aromatic rings. The number of carbonyl (C=O) groups is 1. The first kappa shape index (κ1) is 12.6. The molecule has 18 heavy (non-hydrogen) atoms. The van der Waals surface area contributed by atoms with Gasteiger partial charge in [-0.15, -0.1) is 0 Å². The van der Waals surface area contributed by atoms with Crippen molar-refractivity contribution >= 4 is 17.4 Å². The van der Waals surface area contributed by atoms with Gasteiger partial charge >= 0.3 is 0 Å². The smallest absolute Gasteiger partial charge is 0.271 e. The third-order valence-electron chi connectivity index (χ3n) is 2.50. The third-order valence-corrected chi connectivity index (χ3v) is 3.19. The van der Waals surface area contributed by atoms with E-state index in [1.807, 2.05) is 19.1 Å². The number of benzene rings is 1. The van der Waals surface area contributed by atoms with Gasteiger partial charge in [0.2, 0.25) is 0 Å². The Labute approximate surface area is 109 Å². The van der Waals surface area contributed by atoms with Crippen LogP contribution in [0.4, 0.5) is 0 Å².